The van der Waals surface area contributed by atoms with Gasteiger partial charge in [-0.1, -0.05) is 18.2 Å². The van der Waals surface area contributed by atoms with E-state index in [2.05, 4.69) is 9.97 Å². The Morgan fingerprint density at radius 3 is 2.21 bits per heavy atom. The molecule has 10 nitrogen and oxygen atoms in total. The summed E-state index contributed by atoms with van der Waals surface area (Å²) in [5.41, 5.74) is 1.57. The number of ether oxygens (including phenoxy) is 2. The summed E-state index contributed by atoms with van der Waals surface area (Å²) in [6.07, 6.45) is 1.59. The Bertz CT molecular complexity index is 1540. The molecule has 10 heteroatoms. The third kappa shape index (κ3) is 4.93. The van der Waals surface area contributed by atoms with Gasteiger partial charge < -0.3 is 19.3 Å². The van der Waals surface area contributed by atoms with Crippen molar-refractivity contribution in [3.8, 4) is 11.5 Å². The van der Waals surface area contributed by atoms with Crippen molar-refractivity contribution in [3.05, 3.63) is 94.0 Å². The van der Waals surface area contributed by atoms with Crippen LogP contribution in [0.3, 0.4) is 0 Å². The number of pyridine rings is 1. The number of methoxy groups -OCH3 is 2. The van der Waals surface area contributed by atoms with Crippen LogP contribution in [0.2, 0.25) is 0 Å². The molecule has 4 aromatic rings. The molecule has 0 unspecified atom stereocenters. The first kappa shape index (κ1) is 24.9. The fraction of sp³-hybridized carbons (Fsp3) is 0.250. The zero-order chi connectivity index (χ0) is 26.6. The van der Waals surface area contributed by atoms with Gasteiger partial charge in [-0.25, -0.2) is 9.97 Å². The second kappa shape index (κ2) is 10.7. The molecule has 0 N–H and O–H groups in total. The predicted octanol–water partition coefficient (Wildman–Crippen LogP) is 2.46. The van der Waals surface area contributed by atoms with Crippen molar-refractivity contribution in [3.63, 3.8) is 0 Å². The Kier molecular flexibility index (Phi) is 7.03. The number of carbonyl (C=O) groups excluding carboxylic acids is 2. The van der Waals surface area contributed by atoms with Crippen LogP contribution >= 0.6 is 0 Å². The Labute approximate surface area is 219 Å². The molecule has 0 aliphatic carbocycles. The van der Waals surface area contributed by atoms with Gasteiger partial charge in [0, 0.05) is 37.9 Å². The summed E-state index contributed by atoms with van der Waals surface area (Å²) in [4.78, 5) is 52.0. The van der Waals surface area contributed by atoms with Crippen molar-refractivity contribution in [2.24, 2.45) is 0 Å². The molecule has 38 heavy (non-hydrogen) atoms. The van der Waals surface area contributed by atoms with Crippen LogP contribution in [0, 0.1) is 0 Å². The fourth-order valence-corrected chi connectivity index (χ4v) is 4.48. The summed E-state index contributed by atoms with van der Waals surface area (Å²) >= 11 is 0. The van der Waals surface area contributed by atoms with E-state index in [0.29, 0.717) is 54.4 Å². The Hall–Kier alpha value is -4.73. The Morgan fingerprint density at radius 2 is 1.53 bits per heavy atom. The molecule has 0 radical (unpaired) electrons. The van der Waals surface area contributed by atoms with Gasteiger partial charge in [-0.15, -0.1) is 0 Å². The van der Waals surface area contributed by atoms with Crippen LogP contribution in [0.1, 0.15) is 26.4 Å². The molecule has 1 aliphatic heterocycles. The lowest BCUT2D eigenvalue weighted by Crippen LogP contribution is -2.51. The van der Waals surface area contributed by atoms with Crippen LogP contribution in [0.5, 0.6) is 11.5 Å². The zero-order valence-corrected chi connectivity index (χ0v) is 21.2. The quantitative estimate of drug-likeness (QED) is 0.390. The number of aromatic nitrogens is 3. The molecule has 2 amide bonds. The van der Waals surface area contributed by atoms with E-state index in [0.717, 1.165) is 5.56 Å². The van der Waals surface area contributed by atoms with Gasteiger partial charge >= 0.3 is 0 Å². The highest BCUT2D eigenvalue weighted by Gasteiger charge is 2.29. The van der Waals surface area contributed by atoms with Crippen molar-refractivity contribution < 1.29 is 19.1 Å². The van der Waals surface area contributed by atoms with E-state index in [1.807, 2.05) is 24.3 Å². The van der Waals surface area contributed by atoms with Gasteiger partial charge in [0.2, 0.25) is 0 Å². The van der Waals surface area contributed by atoms with Crippen LogP contribution in [-0.4, -0.2) is 76.5 Å². The van der Waals surface area contributed by atoms with Crippen LogP contribution in [0.15, 0.2) is 71.7 Å². The van der Waals surface area contributed by atoms with Crippen molar-refractivity contribution in [2.45, 2.75) is 6.54 Å². The fourth-order valence-electron chi connectivity index (χ4n) is 4.48. The number of benzene rings is 2. The number of carbonyl (C=O) groups is 2. The molecular formula is C28H27N5O5. The molecule has 2 aromatic carbocycles. The van der Waals surface area contributed by atoms with E-state index in [1.165, 1.54) is 4.57 Å². The molecule has 1 aliphatic rings. The normalized spacial score (nSPS) is 13.4. The first-order chi connectivity index (χ1) is 18.5. The second-order valence-corrected chi connectivity index (χ2v) is 8.86. The monoisotopic (exact) mass is 513 g/mol. The lowest BCUT2D eigenvalue weighted by Gasteiger charge is -2.34. The van der Waals surface area contributed by atoms with E-state index in [-0.39, 0.29) is 18.1 Å². The molecule has 194 valence electrons. The summed E-state index contributed by atoms with van der Waals surface area (Å²) in [6, 6.07) is 17.8. The number of amides is 2. The zero-order valence-electron chi connectivity index (χ0n) is 21.2. The molecule has 2 aromatic heterocycles. The van der Waals surface area contributed by atoms with E-state index in [4.69, 9.17) is 9.47 Å². The highest BCUT2D eigenvalue weighted by Crippen LogP contribution is 2.17. The molecule has 5 rings (SSSR count). The molecule has 3 heterocycles. The molecule has 0 bridgehead atoms. The maximum absolute atomic E-state index is 13.5. The highest BCUT2D eigenvalue weighted by atomic mass is 16.5. The molecule has 1 fully saturated rings. The molecule has 0 atom stereocenters. The van der Waals surface area contributed by atoms with Gasteiger partial charge in [-0.05, 0) is 48.0 Å². The number of fused-ring (bicyclic) bond motifs is 1. The minimum Gasteiger partial charge on any atom is -0.497 e. The van der Waals surface area contributed by atoms with Crippen LogP contribution in [0.4, 0.5) is 0 Å². The van der Waals surface area contributed by atoms with Crippen molar-refractivity contribution in [2.75, 3.05) is 40.4 Å². The predicted molar refractivity (Wildman–Crippen MR) is 141 cm³/mol. The van der Waals surface area contributed by atoms with Gasteiger partial charge in [0.1, 0.15) is 17.0 Å². The SMILES string of the molecule is COc1ccc(Cn2c(=O)c(C(=O)N3CCN(C(=O)c4cccc(OC)c4)CC3)nc3cccnc32)cc1. The highest BCUT2D eigenvalue weighted by molar-refractivity contribution is 5.96. The van der Waals surface area contributed by atoms with Gasteiger partial charge in [-0.3, -0.25) is 19.0 Å². The van der Waals surface area contributed by atoms with E-state index >= 15 is 0 Å². The van der Waals surface area contributed by atoms with Crippen molar-refractivity contribution in [1.29, 1.82) is 0 Å². The second-order valence-electron chi connectivity index (χ2n) is 8.86. The van der Waals surface area contributed by atoms with E-state index < -0.39 is 11.5 Å². The van der Waals surface area contributed by atoms with Crippen LogP contribution in [-0.2, 0) is 6.54 Å². The molecule has 0 saturated carbocycles. The van der Waals surface area contributed by atoms with Gasteiger partial charge in [0.25, 0.3) is 17.4 Å². The number of rotatable bonds is 6. The summed E-state index contributed by atoms with van der Waals surface area (Å²) in [5.74, 6) is 0.719. The smallest absolute Gasteiger partial charge is 0.284 e. The third-order valence-electron chi connectivity index (χ3n) is 6.57. The minimum atomic E-state index is -0.507. The van der Waals surface area contributed by atoms with E-state index in [9.17, 15) is 14.4 Å². The largest absolute Gasteiger partial charge is 0.497 e. The Morgan fingerprint density at radius 1 is 0.842 bits per heavy atom. The number of nitrogens with zero attached hydrogens (tertiary/aromatic N) is 5. The third-order valence-corrected chi connectivity index (χ3v) is 6.57. The average Bonchev–Trinajstić information content (AvgIpc) is 2.98. The number of hydrogen-bond donors (Lipinski definition) is 0. The lowest BCUT2D eigenvalue weighted by molar-refractivity contribution is 0.0531. The summed E-state index contributed by atoms with van der Waals surface area (Å²) in [7, 11) is 3.14. The Balaban J connectivity index is 1.37. The topological polar surface area (TPSA) is 107 Å². The maximum atomic E-state index is 13.5. The molecule has 1 saturated heterocycles. The number of piperazine rings is 1. The lowest BCUT2D eigenvalue weighted by atomic mass is 10.1. The summed E-state index contributed by atoms with van der Waals surface area (Å²) < 4.78 is 11.9. The first-order valence-electron chi connectivity index (χ1n) is 12.2. The van der Waals surface area contributed by atoms with Gasteiger partial charge in [0.15, 0.2) is 11.3 Å². The summed E-state index contributed by atoms with van der Waals surface area (Å²) in [6.45, 7) is 1.49. The number of hydrogen-bond acceptors (Lipinski definition) is 7. The maximum Gasteiger partial charge on any atom is 0.284 e. The minimum absolute atomic E-state index is 0.132. The summed E-state index contributed by atoms with van der Waals surface area (Å²) in [5, 5.41) is 0. The van der Waals surface area contributed by atoms with Gasteiger partial charge in [0.05, 0.1) is 20.8 Å². The van der Waals surface area contributed by atoms with Crippen LogP contribution < -0.4 is 15.0 Å². The van der Waals surface area contributed by atoms with E-state index in [1.54, 1.807) is 66.6 Å². The van der Waals surface area contributed by atoms with Crippen LogP contribution in [0.25, 0.3) is 11.2 Å². The molecule has 0 spiro atoms. The average molecular weight is 514 g/mol. The van der Waals surface area contributed by atoms with Gasteiger partial charge in [-0.2, -0.15) is 0 Å². The first-order valence-corrected chi connectivity index (χ1v) is 12.2. The standard InChI is InChI=1S/C28H27N5O5/c1-37-21-10-8-19(9-11-21)18-33-25-23(7-4-12-29-25)30-24(28(33)36)27(35)32-15-13-31(14-16-32)26(34)20-5-3-6-22(17-20)38-2/h3-12,17H,13-16,18H2,1-2H3. The van der Waals surface area contributed by atoms with Crippen molar-refractivity contribution in [1.82, 2.24) is 24.3 Å². The van der Waals surface area contributed by atoms with Crippen molar-refractivity contribution >= 4 is 23.0 Å². The molecular weight excluding hydrogens is 486 g/mol.